The zero-order chi connectivity index (χ0) is 14.0. The van der Waals surface area contributed by atoms with Crippen molar-refractivity contribution in [2.24, 2.45) is 0 Å². The van der Waals surface area contributed by atoms with E-state index in [-0.39, 0.29) is 18.4 Å². The van der Waals surface area contributed by atoms with E-state index < -0.39 is 11.5 Å². The van der Waals surface area contributed by atoms with Crippen LogP contribution in [0.4, 0.5) is 0 Å². The molecule has 1 amide bonds. The maximum Gasteiger partial charge on any atom is 0.334 e. The standard InChI is InChI=1S/C15H17NO3/c1-11-8-9-15(14(18)19,16(11)12(2)17)10-13-6-4-3-5-7-13/h3-9,11H,10H2,1-2H3,(H,18,19)/t11-,15+/m1/s1. The number of hydrogen-bond acceptors (Lipinski definition) is 2. The minimum absolute atomic E-state index is 0.197. The van der Waals surface area contributed by atoms with Crippen LogP contribution in [0.25, 0.3) is 0 Å². The van der Waals surface area contributed by atoms with Crippen LogP contribution in [0.5, 0.6) is 0 Å². The van der Waals surface area contributed by atoms with Crippen molar-refractivity contribution < 1.29 is 14.7 Å². The van der Waals surface area contributed by atoms with Crippen molar-refractivity contribution in [1.82, 2.24) is 4.90 Å². The number of carboxylic acid groups (broad SMARTS) is 1. The van der Waals surface area contributed by atoms with E-state index in [4.69, 9.17) is 0 Å². The molecule has 4 heteroatoms. The predicted octanol–water partition coefficient (Wildman–Crippen LogP) is 1.86. The Labute approximate surface area is 112 Å². The van der Waals surface area contributed by atoms with Gasteiger partial charge in [0.2, 0.25) is 5.91 Å². The molecule has 1 N–H and O–H groups in total. The lowest BCUT2D eigenvalue weighted by Crippen LogP contribution is -2.56. The second kappa shape index (κ2) is 4.88. The topological polar surface area (TPSA) is 57.6 Å². The molecule has 0 radical (unpaired) electrons. The Morgan fingerprint density at radius 2 is 1.95 bits per heavy atom. The highest BCUT2D eigenvalue weighted by molar-refractivity contribution is 5.90. The van der Waals surface area contributed by atoms with Crippen molar-refractivity contribution in [3.63, 3.8) is 0 Å². The Bertz CT molecular complexity index is 523. The Kier molecular flexibility index (Phi) is 3.42. The average molecular weight is 259 g/mol. The van der Waals surface area contributed by atoms with Gasteiger partial charge in [0.05, 0.1) is 0 Å². The molecule has 0 saturated carbocycles. The molecular weight excluding hydrogens is 242 g/mol. The van der Waals surface area contributed by atoms with Gasteiger partial charge in [0, 0.05) is 19.4 Å². The lowest BCUT2D eigenvalue weighted by molar-refractivity contribution is -0.155. The molecule has 0 bridgehead atoms. The number of hydrogen-bond donors (Lipinski definition) is 1. The van der Waals surface area contributed by atoms with E-state index in [1.807, 2.05) is 37.3 Å². The maximum atomic E-state index is 11.8. The molecule has 2 rings (SSSR count). The number of carbonyl (C=O) groups excluding carboxylic acids is 1. The molecule has 0 unspecified atom stereocenters. The molecule has 0 aliphatic carbocycles. The molecular formula is C15H17NO3. The van der Waals surface area contributed by atoms with Crippen LogP contribution in [0.2, 0.25) is 0 Å². The fraction of sp³-hybridized carbons (Fsp3) is 0.333. The Morgan fingerprint density at radius 3 is 2.47 bits per heavy atom. The van der Waals surface area contributed by atoms with E-state index >= 15 is 0 Å². The molecule has 1 aliphatic rings. The zero-order valence-electron chi connectivity index (χ0n) is 11.0. The predicted molar refractivity (Wildman–Crippen MR) is 71.6 cm³/mol. The molecule has 0 fully saturated rings. The van der Waals surface area contributed by atoms with E-state index in [2.05, 4.69) is 0 Å². The Hall–Kier alpha value is -2.10. The molecule has 0 aromatic heterocycles. The molecule has 0 saturated heterocycles. The first-order valence-electron chi connectivity index (χ1n) is 6.24. The third-order valence-electron chi connectivity index (χ3n) is 3.51. The third-order valence-corrected chi connectivity index (χ3v) is 3.51. The van der Waals surface area contributed by atoms with Gasteiger partial charge < -0.3 is 10.0 Å². The minimum atomic E-state index is -1.27. The van der Waals surface area contributed by atoms with E-state index in [1.165, 1.54) is 11.8 Å². The highest BCUT2D eigenvalue weighted by Gasteiger charge is 2.48. The molecule has 2 atom stereocenters. The molecule has 1 aromatic rings. The average Bonchev–Trinajstić information content (AvgIpc) is 2.69. The highest BCUT2D eigenvalue weighted by Crippen LogP contribution is 2.31. The summed E-state index contributed by atoms with van der Waals surface area (Å²) < 4.78 is 0. The van der Waals surface area contributed by atoms with Crippen LogP contribution in [-0.4, -0.2) is 33.5 Å². The summed E-state index contributed by atoms with van der Waals surface area (Å²) in [5, 5.41) is 9.62. The number of carbonyl (C=O) groups is 2. The fourth-order valence-corrected chi connectivity index (χ4v) is 2.70. The second-order valence-corrected chi connectivity index (χ2v) is 4.88. The summed E-state index contributed by atoms with van der Waals surface area (Å²) in [5.41, 5.74) is -0.373. The number of nitrogens with zero attached hydrogens (tertiary/aromatic N) is 1. The van der Waals surface area contributed by atoms with Crippen LogP contribution in [0.3, 0.4) is 0 Å². The van der Waals surface area contributed by atoms with Gasteiger partial charge in [-0.2, -0.15) is 0 Å². The number of aliphatic carboxylic acids is 1. The van der Waals surface area contributed by atoms with E-state index in [1.54, 1.807) is 12.2 Å². The van der Waals surface area contributed by atoms with Gasteiger partial charge in [0.15, 0.2) is 5.54 Å². The van der Waals surface area contributed by atoms with Crippen LogP contribution in [0.15, 0.2) is 42.5 Å². The zero-order valence-corrected chi connectivity index (χ0v) is 11.0. The summed E-state index contributed by atoms with van der Waals surface area (Å²) in [4.78, 5) is 25.0. The molecule has 1 aromatic carbocycles. The number of rotatable bonds is 3. The SMILES string of the molecule is CC(=O)N1[C@H](C)C=C[C@]1(Cc1ccccc1)C(=O)O. The summed E-state index contributed by atoms with van der Waals surface area (Å²) in [6, 6.07) is 9.17. The maximum absolute atomic E-state index is 11.8. The van der Waals surface area contributed by atoms with Gasteiger partial charge in [-0.1, -0.05) is 36.4 Å². The first-order valence-corrected chi connectivity index (χ1v) is 6.24. The van der Waals surface area contributed by atoms with Crippen LogP contribution >= 0.6 is 0 Å². The van der Waals surface area contributed by atoms with Gasteiger partial charge in [-0.3, -0.25) is 4.79 Å². The van der Waals surface area contributed by atoms with Crippen LogP contribution in [-0.2, 0) is 16.0 Å². The summed E-state index contributed by atoms with van der Waals surface area (Å²) in [6.45, 7) is 3.24. The molecule has 1 heterocycles. The second-order valence-electron chi connectivity index (χ2n) is 4.88. The Morgan fingerprint density at radius 1 is 1.32 bits per heavy atom. The van der Waals surface area contributed by atoms with Gasteiger partial charge in [-0.05, 0) is 18.6 Å². The lowest BCUT2D eigenvalue weighted by Gasteiger charge is -2.36. The summed E-state index contributed by atoms with van der Waals surface area (Å²) in [6.07, 6.45) is 3.69. The van der Waals surface area contributed by atoms with E-state index in [0.29, 0.717) is 0 Å². The first kappa shape index (κ1) is 13.3. The molecule has 1 aliphatic heterocycles. The van der Waals surface area contributed by atoms with Crippen molar-refractivity contribution >= 4 is 11.9 Å². The van der Waals surface area contributed by atoms with Crippen LogP contribution in [0, 0.1) is 0 Å². The quantitative estimate of drug-likeness (QED) is 0.843. The van der Waals surface area contributed by atoms with Crippen LogP contribution in [0.1, 0.15) is 19.4 Å². The van der Waals surface area contributed by atoms with Gasteiger partial charge in [0.25, 0.3) is 0 Å². The van der Waals surface area contributed by atoms with Crippen molar-refractivity contribution in [3.8, 4) is 0 Å². The Balaban J connectivity index is 2.41. The summed E-state index contributed by atoms with van der Waals surface area (Å²) >= 11 is 0. The van der Waals surface area contributed by atoms with E-state index in [9.17, 15) is 14.7 Å². The van der Waals surface area contributed by atoms with Crippen molar-refractivity contribution in [3.05, 3.63) is 48.0 Å². The summed E-state index contributed by atoms with van der Waals surface area (Å²) in [7, 11) is 0. The number of carboxylic acids is 1. The minimum Gasteiger partial charge on any atom is -0.479 e. The van der Waals surface area contributed by atoms with Crippen LogP contribution < -0.4 is 0 Å². The fourth-order valence-electron chi connectivity index (χ4n) is 2.70. The lowest BCUT2D eigenvalue weighted by atomic mass is 9.90. The van der Waals surface area contributed by atoms with Gasteiger partial charge >= 0.3 is 5.97 Å². The molecule has 4 nitrogen and oxygen atoms in total. The highest BCUT2D eigenvalue weighted by atomic mass is 16.4. The third kappa shape index (κ3) is 2.26. The first-order chi connectivity index (χ1) is 8.97. The normalized spacial score (nSPS) is 25.6. The van der Waals surface area contributed by atoms with Gasteiger partial charge in [0.1, 0.15) is 0 Å². The number of amides is 1. The van der Waals surface area contributed by atoms with Gasteiger partial charge in [-0.15, -0.1) is 0 Å². The van der Waals surface area contributed by atoms with Crippen molar-refractivity contribution in [2.45, 2.75) is 31.8 Å². The molecule has 0 spiro atoms. The molecule has 19 heavy (non-hydrogen) atoms. The largest absolute Gasteiger partial charge is 0.479 e. The van der Waals surface area contributed by atoms with Crippen molar-refractivity contribution in [1.29, 1.82) is 0 Å². The van der Waals surface area contributed by atoms with Gasteiger partial charge in [-0.25, -0.2) is 4.79 Å². The molecule has 100 valence electrons. The van der Waals surface area contributed by atoms with Crippen molar-refractivity contribution in [2.75, 3.05) is 0 Å². The number of benzene rings is 1. The smallest absolute Gasteiger partial charge is 0.334 e. The monoisotopic (exact) mass is 259 g/mol. The summed E-state index contributed by atoms with van der Waals surface area (Å²) in [5.74, 6) is -1.22. The van der Waals surface area contributed by atoms with E-state index in [0.717, 1.165) is 5.56 Å².